The maximum absolute atomic E-state index is 13.3. The lowest BCUT2D eigenvalue weighted by molar-refractivity contribution is -0.131. The van der Waals surface area contributed by atoms with Crippen LogP contribution in [0.5, 0.6) is 0 Å². The summed E-state index contributed by atoms with van der Waals surface area (Å²) < 4.78 is 14.0. The molecule has 0 heterocycles. The highest BCUT2D eigenvalue weighted by Gasteiger charge is 2.02. The Bertz CT molecular complexity index is 432. The van der Waals surface area contributed by atoms with Gasteiger partial charge in [0, 0.05) is 17.1 Å². The van der Waals surface area contributed by atoms with Crippen molar-refractivity contribution in [2.45, 2.75) is 6.92 Å². The van der Waals surface area contributed by atoms with E-state index in [4.69, 9.17) is 5.11 Å². The largest absolute Gasteiger partial charge is 0.478 e. The van der Waals surface area contributed by atoms with Crippen molar-refractivity contribution in [1.29, 1.82) is 0 Å². The van der Waals surface area contributed by atoms with Gasteiger partial charge in [-0.2, -0.15) is 0 Å². The van der Waals surface area contributed by atoms with Crippen molar-refractivity contribution in [3.63, 3.8) is 0 Å². The lowest BCUT2D eigenvalue weighted by Gasteiger charge is -2.07. The van der Waals surface area contributed by atoms with Crippen molar-refractivity contribution in [3.8, 4) is 0 Å². The zero-order valence-corrected chi connectivity index (χ0v) is 10.2. The van der Waals surface area contributed by atoms with Crippen LogP contribution in [0, 0.1) is 5.82 Å². The summed E-state index contributed by atoms with van der Waals surface area (Å²) in [5.74, 6) is -1.38. The van der Waals surface area contributed by atoms with Gasteiger partial charge >= 0.3 is 5.97 Å². The number of hydrogen-bond donors (Lipinski definition) is 2. The number of benzene rings is 1. The first-order valence-corrected chi connectivity index (χ1v) is 5.37. The number of carboxylic acid groups (broad SMARTS) is 1. The number of aliphatic carboxylic acids is 1. The number of rotatable bonds is 4. The van der Waals surface area contributed by atoms with Gasteiger partial charge in [0.05, 0.1) is 5.69 Å². The highest BCUT2D eigenvalue weighted by atomic mass is 79.9. The summed E-state index contributed by atoms with van der Waals surface area (Å²) in [4.78, 5) is 10.3. The Balaban J connectivity index is 2.65. The number of carbonyl (C=O) groups is 1. The van der Waals surface area contributed by atoms with Crippen molar-refractivity contribution in [3.05, 3.63) is 40.1 Å². The minimum atomic E-state index is -1.00. The third-order valence-electron chi connectivity index (χ3n) is 1.86. The summed E-state index contributed by atoms with van der Waals surface area (Å²) in [5, 5.41) is 11.3. The van der Waals surface area contributed by atoms with E-state index >= 15 is 0 Å². The van der Waals surface area contributed by atoms with Crippen LogP contribution in [0.2, 0.25) is 0 Å². The van der Waals surface area contributed by atoms with Gasteiger partial charge in [0.25, 0.3) is 0 Å². The summed E-state index contributed by atoms with van der Waals surface area (Å²) in [6.45, 7) is 1.96. The molecule has 0 spiro atoms. The van der Waals surface area contributed by atoms with Crippen LogP contribution in [0.4, 0.5) is 10.1 Å². The Hall–Kier alpha value is -1.36. The molecule has 5 heteroatoms. The van der Waals surface area contributed by atoms with E-state index in [9.17, 15) is 9.18 Å². The Kier molecular flexibility index (Phi) is 4.49. The fraction of sp³-hybridized carbons (Fsp3) is 0.182. The monoisotopic (exact) mass is 287 g/mol. The molecule has 0 saturated carbocycles. The molecule has 0 bridgehead atoms. The molecule has 1 aromatic carbocycles. The molecule has 0 radical (unpaired) electrons. The zero-order chi connectivity index (χ0) is 12.1. The first-order chi connectivity index (χ1) is 7.49. The molecule has 1 rings (SSSR count). The fourth-order valence-electron chi connectivity index (χ4n) is 1.13. The molecular formula is C11H11BrFNO2. The van der Waals surface area contributed by atoms with Crippen LogP contribution in [0.25, 0.3) is 0 Å². The van der Waals surface area contributed by atoms with Gasteiger partial charge in [-0.1, -0.05) is 15.9 Å². The average Bonchev–Trinajstić information content (AvgIpc) is 2.15. The number of hydrogen-bond acceptors (Lipinski definition) is 2. The summed E-state index contributed by atoms with van der Waals surface area (Å²) in [6, 6.07) is 4.65. The van der Waals surface area contributed by atoms with E-state index < -0.39 is 5.97 Å². The minimum absolute atomic E-state index is 0.296. The summed E-state index contributed by atoms with van der Waals surface area (Å²) in [6.07, 6.45) is 1.09. The Morgan fingerprint density at radius 1 is 1.62 bits per heavy atom. The van der Waals surface area contributed by atoms with E-state index in [0.717, 1.165) is 6.08 Å². The second-order valence-electron chi connectivity index (χ2n) is 3.31. The number of carboxylic acids is 1. The van der Waals surface area contributed by atoms with Gasteiger partial charge in [0.2, 0.25) is 0 Å². The number of nitrogens with one attached hydrogen (secondary N) is 1. The molecule has 2 N–H and O–H groups in total. The van der Waals surface area contributed by atoms with E-state index in [-0.39, 0.29) is 5.82 Å². The van der Waals surface area contributed by atoms with Gasteiger partial charge in [-0.05, 0) is 30.7 Å². The maximum Gasteiger partial charge on any atom is 0.328 e. The van der Waals surface area contributed by atoms with Gasteiger partial charge in [0.1, 0.15) is 5.82 Å². The average molecular weight is 288 g/mol. The Morgan fingerprint density at radius 3 is 2.88 bits per heavy atom. The predicted octanol–water partition coefficient (Wildman–Crippen LogP) is 3.03. The van der Waals surface area contributed by atoms with Crippen molar-refractivity contribution < 1.29 is 14.3 Å². The molecule has 0 aliphatic heterocycles. The van der Waals surface area contributed by atoms with Crippen molar-refractivity contribution in [2.75, 3.05) is 11.9 Å². The third-order valence-corrected chi connectivity index (χ3v) is 2.35. The minimum Gasteiger partial charge on any atom is -0.478 e. The number of anilines is 1. The molecule has 0 aromatic heterocycles. The molecule has 86 valence electrons. The van der Waals surface area contributed by atoms with Gasteiger partial charge in [-0.25, -0.2) is 9.18 Å². The van der Waals surface area contributed by atoms with Gasteiger partial charge in [-0.15, -0.1) is 0 Å². The highest BCUT2D eigenvalue weighted by molar-refractivity contribution is 9.10. The molecule has 0 unspecified atom stereocenters. The second kappa shape index (κ2) is 5.65. The van der Waals surface area contributed by atoms with Crippen molar-refractivity contribution in [1.82, 2.24) is 0 Å². The molecule has 0 aliphatic carbocycles. The van der Waals surface area contributed by atoms with Crippen LogP contribution in [0.15, 0.2) is 34.3 Å². The predicted molar refractivity (Wildman–Crippen MR) is 64.0 cm³/mol. The van der Waals surface area contributed by atoms with Crippen LogP contribution in [-0.4, -0.2) is 17.6 Å². The van der Waals surface area contributed by atoms with E-state index in [1.807, 2.05) is 0 Å². The zero-order valence-electron chi connectivity index (χ0n) is 8.63. The number of halogens is 2. The van der Waals surface area contributed by atoms with Crippen LogP contribution < -0.4 is 5.32 Å². The van der Waals surface area contributed by atoms with E-state index in [1.54, 1.807) is 19.1 Å². The summed E-state index contributed by atoms with van der Waals surface area (Å²) in [5.41, 5.74) is 0.969. The highest BCUT2D eigenvalue weighted by Crippen LogP contribution is 2.19. The first kappa shape index (κ1) is 12.7. The maximum atomic E-state index is 13.3. The SMILES string of the molecule is C/C(=C/C(=O)O)CNc1ccc(Br)cc1F. The Morgan fingerprint density at radius 2 is 2.31 bits per heavy atom. The smallest absolute Gasteiger partial charge is 0.328 e. The van der Waals surface area contributed by atoms with Gasteiger partial charge in [0.15, 0.2) is 0 Å². The first-order valence-electron chi connectivity index (χ1n) is 4.58. The molecule has 16 heavy (non-hydrogen) atoms. The summed E-state index contributed by atoms with van der Waals surface area (Å²) in [7, 11) is 0. The standard InChI is InChI=1S/C11H11BrFNO2/c1-7(4-11(15)16)6-14-10-3-2-8(12)5-9(10)13/h2-5,14H,6H2,1H3,(H,15,16)/b7-4-. The van der Waals surface area contributed by atoms with Crippen molar-refractivity contribution in [2.24, 2.45) is 0 Å². The lowest BCUT2D eigenvalue weighted by atomic mass is 10.2. The quantitative estimate of drug-likeness (QED) is 0.837. The second-order valence-corrected chi connectivity index (χ2v) is 4.22. The normalized spacial score (nSPS) is 11.3. The summed E-state index contributed by atoms with van der Waals surface area (Å²) >= 11 is 3.15. The van der Waals surface area contributed by atoms with Gasteiger partial charge in [-0.3, -0.25) is 0 Å². The molecule has 0 aliphatic rings. The molecule has 1 aromatic rings. The fourth-order valence-corrected chi connectivity index (χ4v) is 1.46. The lowest BCUT2D eigenvalue weighted by Crippen LogP contribution is -2.06. The van der Waals surface area contributed by atoms with E-state index in [2.05, 4.69) is 21.2 Å². The van der Waals surface area contributed by atoms with Crippen LogP contribution in [0.3, 0.4) is 0 Å². The van der Waals surface area contributed by atoms with E-state index in [0.29, 0.717) is 22.3 Å². The molecule has 0 amide bonds. The third kappa shape index (κ3) is 4.02. The molecular weight excluding hydrogens is 277 g/mol. The van der Waals surface area contributed by atoms with Gasteiger partial charge < -0.3 is 10.4 Å². The Labute approximate surface area is 101 Å². The molecule has 0 atom stereocenters. The molecule has 3 nitrogen and oxygen atoms in total. The van der Waals surface area contributed by atoms with Crippen LogP contribution in [-0.2, 0) is 4.79 Å². The van der Waals surface area contributed by atoms with Crippen LogP contribution >= 0.6 is 15.9 Å². The molecule has 0 fully saturated rings. The molecule has 0 saturated heterocycles. The topological polar surface area (TPSA) is 49.3 Å². The van der Waals surface area contributed by atoms with E-state index in [1.165, 1.54) is 6.07 Å². The van der Waals surface area contributed by atoms with Crippen molar-refractivity contribution >= 4 is 27.6 Å². The van der Waals surface area contributed by atoms with Crippen LogP contribution in [0.1, 0.15) is 6.92 Å².